The highest BCUT2D eigenvalue weighted by atomic mass is 35.5. The van der Waals surface area contributed by atoms with E-state index < -0.39 is 11.9 Å². The summed E-state index contributed by atoms with van der Waals surface area (Å²) in [6, 6.07) is 14.0. The van der Waals surface area contributed by atoms with Crippen molar-refractivity contribution >= 4 is 29.2 Å². The fraction of sp³-hybridized carbons (Fsp3) is 0.292. The molecule has 0 spiro atoms. The first-order chi connectivity index (χ1) is 15.7. The van der Waals surface area contributed by atoms with Crippen molar-refractivity contribution in [3.8, 4) is 17.1 Å². The molecule has 3 aromatic rings. The van der Waals surface area contributed by atoms with Crippen molar-refractivity contribution in [1.82, 2.24) is 10.5 Å². The topological polar surface area (TPSA) is 114 Å². The lowest BCUT2D eigenvalue weighted by Crippen LogP contribution is -2.21. The third kappa shape index (κ3) is 6.81. The van der Waals surface area contributed by atoms with E-state index in [1.165, 1.54) is 0 Å². The molecule has 0 radical (unpaired) electrons. The molecular formula is C24H26ClN3O5. The summed E-state index contributed by atoms with van der Waals surface area (Å²) >= 11 is 6.28. The van der Waals surface area contributed by atoms with E-state index >= 15 is 0 Å². The van der Waals surface area contributed by atoms with Crippen molar-refractivity contribution in [1.29, 1.82) is 0 Å². The number of amides is 1. The Balaban J connectivity index is 1.61. The second-order valence-corrected chi connectivity index (χ2v) is 8.19. The lowest BCUT2D eigenvalue weighted by Gasteiger charge is -2.14. The number of anilines is 1. The number of nitrogens with one attached hydrogen (secondary N) is 2. The maximum Gasteiger partial charge on any atom is 0.304 e. The largest absolute Gasteiger partial charge is 0.489 e. The molecule has 0 saturated heterocycles. The summed E-state index contributed by atoms with van der Waals surface area (Å²) in [6.07, 6.45) is 0.0552. The number of aromatic nitrogens is 1. The standard InChI is InChI=1S/C24H26ClN3O5/c1-14(2)32-21-9-6-17(12-19(21)25)22-13-20(28-33-22)24(31)27-18-7-4-16(5-8-18)15(3)26-11-10-23(29)30/h4-9,12-15,26H,10-11H2,1-3H3,(H,27,31)(H,29,30)/t15-/m1/s1. The molecule has 1 atom stereocenters. The van der Waals surface area contributed by atoms with E-state index in [0.717, 1.165) is 5.56 Å². The third-order valence-corrected chi connectivity index (χ3v) is 5.08. The fourth-order valence-corrected chi connectivity index (χ4v) is 3.31. The Morgan fingerprint density at radius 3 is 2.48 bits per heavy atom. The number of carbonyl (C=O) groups is 2. The van der Waals surface area contributed by atoms with Crippen LogP contribution in [0.4, 0.5) is 5.69 Å². The maximum atomic E-state index is 12.6. The van der Waals surface area contributed by atoms with Gasteiger partial charge < -0.3 is 25.0 Å². The average molecular weight is 472 g/mol. The first kappa shape index (κ1) is 24.3. The Hall–Kier alpha value is -3.36. The number of rotatable bonds is 10. The zero-order chi connectivity index (χ0) is 24.0. The van der Waals surface area contributed by atoms with Gasteiger partial charge in [-0.1, -0.05) is 28.9 Å². The highest BCUT2D eigenvalue weighted by molar-refractivity contribution is 6.32. The van der Waals surface area contributed by atoms with Crippen molar-refractivity contribution in [2.75, 3.05) is 11.9 Å². The van der Waals surface area contributed by atoms with E-state index in [0.29, 0.717) is 34.3 Å². The van der Waals surface area contributed by atoms with E-state index in [9.17, 15) is 9.59 Å². The first-order valence-corrected chi connectivity index (χ1v) is 10.9. The van der Waals surface area contributed by atoms with Gasteiger partial charge in [-0.2, -0.15) is 0 Å². The van der Waals surface area contributed by atoms with E-state index in [2.05, 4.69) is 15.8 Å². The Kier molecular flexibility index (Phi) is 8.08. The molecule has 0 unspecified atom stereocenters. The minimum Gasteiger partial charge on any atom is -0.489 e. The molecule has 1 amide bonds. The quantitative estimate of drug-likeness (QED) is 0.374. The van der Waals surface area contributed by atoms with Gasteiger partial charge in [0.2, 0.25) is 0 Å². The Morgan fingerprint density at radius 1 is 1.12 bits per heavy atom. The Bertz CT molecular complexity index is 1110. The lowest BCUT2D eigenvalue weighted by atomic mass is 10.1. The van der Waals surface area contributed by atoms with Gasteiger partial charge in [-0.25, -0.2) is 0 Å². The van der Waals surface area contributed by atoms with Crippen LogP contribution < -0.4 is 15.4 Å². The summed E-state index contributed by atoms with van der Waals surface area (Å²) < 4.78 is 11.0. The van der Waals surface area contributed by atoms with Gasteiger partial charge >= 0.3 is 5.97 Å². The van der Waals surface area contributed by atoms with Crippen LogP contribution in [0.1, 0.15) is 49.3 Å². The number of hydrogen-bond acceptors (Lipinski definition) is 6. The van der Waals surface area contributed by atoms with E-state index in [-0.39, 0.29) is 24.3 Å². The number of carboxylic acid groups (broad SMARTS) is 1. The van der Waals surface area contributed by atoms with Crippen LogP contribution in [-0.4, -0.2) is 34.8 Å². The highest BCUT2D eigenvalue weighted by Gasteiger charge is 2.16. The number of halogens is 1. The monoisotopic (exact) mass is 471 g/mol. The molecule has 0 saturated carbocycles. The van der Waals surface area contributed by atoms with Crippen molar-refractivity contribution in [2.45, 2.75) is 39.3 Å². The molecule has 0 fully saturated rings. The van der Waals surface area contributed by atoms with E-state index in [4.69, 9.17) is 26.0 Å². The molecular weight excluding hydrogens is 446 g/mol. The average Bonchev–Trinajstić information content (AvgIpc) is 3.25. The second-order valence-electron chi connectivity index (χ2n) is 7.78. The van der Waals surface area contributed by atoms with Crippen LogP contribution in [0.25, 0.3) is 11.3 Å². The molecule has 1 heterocycles. The molecule has 0 bridgehead atoms. The molecule has 3 N–H and O–H groups in total. The molecule has 0 aliphatic heterocycles. The SMILES string of the molecule is CC(C)Oc1ccc(-c2cc(C(=O)Nc3ccc([C@@H](C)NCCC(=O)O)cc3)no2)cc1Cl. The van der Waals surface area contributed by atoms with Gasteiger partial charge in [-0.15, -0.1) is 0 Å². The normalized spacial score (nSPS) is 11.9. The maximum absolute atomic E-state index is 12.6. The van der Waals surface area contributed by atoms with E-state index in [1.807, 2.05) is 32.9 Å². The molecule has 8 nitrogen and oxygen atoms in total. The minimum absolute atomic E-state index is 0.000553. The number of aliphatic carboxylic acids is 1. The van der Waals surface area contributed by atoms with Crippen LogP contribution in [0.5, 0.6) is 5.75 Å². The van der Waals surface area contributed by atoms with Crippen LogP contribution in [-0.2, 0) is 4.79 Å². The van der Waals surface area contributed by atoms with Gasteiger partial charge in [0.25, 0.3) is 5.91 Å². The highest BCUT2D eigenvalue weighted by Crippen LogP contribution is 2.31. The molecule has 9 heteroatoms. The van der Waals surface area contributed by atoms with Gasteiger partial charge in [-0.05, 0) is 56.7 Å². The zero-order valence-corrected chi connectivity index (χ0v) is 19.3. The third-order valence-electron chi connectivity index (χ3n) is 4.78. The number of nitrogens with zero attached hydrogens (tertiary/aromatic N) is 1. The van der Waals surface area contributed by atoms with Crippen LogP contribution in [0, 0.1) is 0 Å². The number of carbonyl (C=O) groups excluding carboxylic acids is 1. The van der Waals surface area contributed by atoms with Gasteiger partial charge in [0.15, 0.2) is 11.5 Å². The van der Waals surface area contributed by atoms with Crippen molar-refractivity contribution < 1.29 is 24.0 Å². The molecule has 2 aromatic carbocycles. The first-order valence-electron chi connectivity index (χ1n) is 10.5. The van der Waals surface area contributed by atoms with Crippen LogP contribution in [0.2, 0.25) is 5.02 Å². The van der Waals surface area contributed by atoms with Crippen LogP contribution in [0.3, 0.4) is 0 Å². The van der Waals surface area contributed by atoms with E-state index in [1.54, 1.807) is 36.4 Å². The Morgan fingerprint density at radius 2 is 1.85 bits per heavy atom. The van der Waals surface area contributed by atoms with Crippen molar-refractivity contribution in [3.05, 3.63) is 64.8 Å². The molecule has 0 aliphatic carbocycles. The molecule has 3 rings (SSSR count). The van der Waals surface area contributed by atoms with Crippen LogP contribution in [0.15, 0.2) is 53.1 Å². The fourth-order valence-electron chi connectivity index (χ4n) is 3.09. The smallest absolute Gasteiger partial charge is 0.304 e. The van der Waals surface area contributed by atoms with Crippen molar-refractivity contribution in [2.24, 2.45) is 0 Å². The zero-order valence-electron chi connectivity index (χ0n) is 18.6. The summed E-state index contributed by atoms with van der Waals surface area (Å²) in [7, 11) is 0. The second kappa shape index (κ2) is 11.0. The molecule has 1 aromatic heterocycles. The van der Waals surface area contributed by atoms with Gasteiger partial charge in [0, 0.05) is 29.9 Å². The molecule has 33 heavy (non-hydrogen) atoms. The number of ether oxygens (including phenoxy) is 1. The van der Waals surface area contributed by atoms with Crippen molar-refractivity contribution in [3.63, 3.8) is 0 Å². The predicted octanol–water partition coefficient (Wildman–Crippen LogP) is 5.16. The van der Waals surface area contributed by atoms with Gasteiger partial charge in [0.05, 0.1) is 17.5 Å². The minimum atomic E-state index is -0.843. The van der Waals surface area contributed by atoms with Crippen LogP contribution >= 0.6 is 11.6 Å². The number of carboxylic acids is 1. The summed E-state index contributed by atoms with van der Waals surface area (Å²) in [5.74, 6) is -0.266. The molecule has 0 aliphatic rings. The van der Waals surface area contributed by atoms with Gasteiger partial charge in [0.1, 0.15) is 5.75 Å². The predicted molar refractivity (Wildman–Crippen MR) is 126 cm³/mol. The van der Waals surface area contributed by atoms with Gasteiger partial charge in [-0.3, -0.25) is 9.59 Å². The lowest BCUT2D eigenvalue weighted by molar-refractivity contribution is -0.136. The summed E-state index contributed by atoms with van der Waals surface area (Å²) in [5, 5.41) is 19.0. The Labute approximate surface area is 196 Å². The summed E-state index contributed by atoms with van der Waals surface area (Å²) in [4.78, 5) is 23.2. The summed E-state index contributed by atoms with van der Waals surface area (Å²) in [5.41, 5.74) is 2.39. The molecule has 174 valence electrons. The number of benzene rings is 2. The summed E-state index contributed by atoms with van der Waals surface area (Å²) in [6.45, 7) is 6.15. The number of hydrogen-bond donors (Lipinski definition) is 3.